The third-order valence-electron chi connectivity index (χ3n) is 6.59. The fourth-order valence-electron chi connectivity index (χ4n) is 5.13. The number of hydrogen-bond acceptors (Lipinski definition) is 5. The van der Waals surface area contributed by atoms with Crippen molar-refractivity contribution in [2.75, 3.05) is 7.11 Å². The fourth-order valence-corrected chi connectivity index (χ4v) is 5.13. The molecule has 0 aliphatic heterocycles. The van der Waals surface area contributed by atoms with Crippen molar-refractivity contribution in [1.29, 1.82) is 0 Å². The molecule has 0 saturated heterocycles. The van der Waals surface area contributed by atoms with Crippen LogP contribution < -0.4 is 10.6 Å². The lowest BCUT2D eigenvalue weighted by molar-refractivity contribution is -0.234. The van der Waals surface area contributed by atoms with E-state index in [9.17, 15) is 14.4 Å². The second-order valence-electron chi connectivity index (χ2n) is 9.78. The largest absolute Gasteiger partial charge is 0.469 e. The maximum Gasteiger partial charge on any atom is 0.408 e. The molecule has 7 nitrogen and oxygen atoms in total. The summed E-state index contributed by atoms with van der Waals surface area (Å²) in [6, 6.07) is -0.0468. The maximum absolute atomic E-state index is 13.1. The van der Waals surface area contributed by atoms with Crippen molar-refractivity contribution in [2.45, 2.75) is 89.8 Å². The zero-order valence-corrected chi connectivity index (χ0v) is 17.1. The third kappa shape index (κ3) is 3.41. The van der Waals surface area contributed by atoms with Crippen molar-refractivity contribution < 1.29 is 23.9 Å². The first-order valence-corrected chi connectivity index (χ1v) is 9.87. The van der Waals surface area contributed by atoms with Crippen LogP contribution in [0, 0.1) is 10.8 Å². The summed E-state index contributed by atoms with van der Waals surface area (Å²) < 4.78 is 10.3. The molecule has 4 rings (SSSR count). The first kappa shape index (κ1) is 20.0. The summed E-state index contributed by atoms with van der Waals surface area (Å²) in [6.45, 7) is 7.40. The van der Waals surface area contributed by atoms with E-state index in [1.165, 1.54) is 7.11 Å². The van der Waals surface area contributed by atoms with Crippen LogP contribution in [0.5, 0.6) is 0 Å². The van der Waals surface area contributed by atoms with Gasteiger partial charge in [-0.1, -0.05) is 12.8 Å². The molecule has 1 atom stereocenters. The van der Waals surface area contributed by atoms with Crippen molar-refractivity contribution >= 4 is 18.0 Å². The Morgan fingerprint density at radius 2 is 1.59 bits per heavy atom. The van der Waals surface area contributed by atoms with Gasteiger partial charge >= 0.3 is 12.1 Å². The summed E-state index contributed by atoms with van der Waals surface area (Å²) >= 11 is 0. The van der Waals surface area contributed by atoms with E-state index in [2.05, 4.69) is 10.6 Å². The molecule has 7 heteroatoms. The Labute approximate surface area is 160 Å². The number of nitrogens with one attached hydrogen (secondary N) is 2. The molecule has 4 saturated carbocycles. The normalized spacial score (nSPS) is 31.7. The summed E-state index contributed by atoms with van der Waals surface area (Å²) in [5.41, 5.74) is -1.86. The summed E-state index contributed by atoms with van der Waals surface area (Å²) in [7, 11) is 1.42. The lowest BCUT2D eigenvalue weighted by atomic mass is 9.33. The van der Waals surface area contributed by atoms with Gasteiger partial charge in [-0.05, 0) is 65.2 Å². The fraction of sp³-hybridized carbons (Fsp3) is 0.850. The molecule has 4 aliphatic carbocycles. The van der Waals surface area contributed by atoms with Gasteiger partial charge in [0.05, 0.1) is 12.5 Å². The van der Waals surface area contributed by atoms with E-state index in [1.807, 2.05) is 6.92 Å². The smallest absolute Gasteiger partial charge is 0.408 e. The summed E-state index contributed by atoms with van der Waals surface area (Å²) in [5.74, 6) is -0.281. The van der Waals surface area contributed by atoms with Crippen LogP contribution in [0.25, 0.3) is 0 Å². The van der Waals surface area contributed by atoms with Crippen LogP contribution in [0.15, 0.2) is 0 Å². The SMILES string of the molecule is COC(=O)C12CC([C@H](C)NC(=O)C3(NC(=O)OC(C)(C)C)CCCC3)(C1)C2. The molecular weight excluding hydrogens is 348 g/mol. The van der Waals surface area contributed by atoms with E-state index in [4.69, 9.17) is 9.47 Å². The molecule has 2 N–H and O–H groups in total. The molecule has 4 fully saturated rings. The van der Waals surface area contributed by atoms with Crippen LogP contribution in [0.2, 0.25) is 0 Å². The number of methoxy groups -OCH3 is 1. The molecule has 0 spiro atoms. The minimum atomic E-state index is -0.903. The highest BCUT2D eigenvalue weighted by molar-refractivity contribution is 5.91. The van der Waals surface area contributed by atoms with Gasteiger partial charge in [-0.3, -0.25) is 9.59 Å². The van der Waals surface area contributed by atoms with Crippen LogP contribution in [0.1, 0.15) is 72.6 Å². The molecule has 152 valence electrons. The maximum atomic E-state index is 13.1. The predicted molar refractivity (Wildman–Crippen MR) is 98.9 cm³/mol. The van der Waals surface area contributed by atoms with Gasteiger partial charge in [0, 0.05) is 6.04 Å². The van der Waals surface area contributed by atoms with Crippen LogP contribution in [0.3, 0.4) is 0 Å². The van der Waals surface area contributed by atoms with Crippen molar-refractivity contribution in [3.05, 3.63) is 0 Å². The van der Waals surface area contributed by atoms with Gasteiger partial charge < -0.3 is 20.1 Å². The van der Waals surface area contributed by atoms with E-state index < -0.39 is 17.2 Å². The minimum Gasteiger partial charge on any atom is -0.469 e. The van der Waals surface area contributed by atoms with Gasteiger partial charge in [0.2, 0.25) is 5.91 Å². The highest BCUT2D eigenvalue weighted by Crippen LogP contribution is 2.75. The Hall–Kier alpha value is -1.79. The number of carbonyl (C=O) groups excluding carboxylic acids is 3. The number of hydrogen-bond donors (Lipinski definition) is 2. The number of amides is 2. The standard InChI is InChI=1S/C20H32N2O5/c1-13(18-10-19(11-18,12-18)15(24)26-5)21-14(23)20(8-6-7-9-20)22-16(25)27-17(2,3)4/h13H,6-12H2,1-5H3,(H,21,23)(H,22,25)/t13-,18?,19?/m0/s1. The first-order valence-electron chi connectivity index (χ1n) is 9.87. The molecule has 0 heterocycles. The Morgan fingerprint density at radius 3 is 2.07 bits per heavy atom. The third-order valence-corrected chi connectivity index (χ3v) is 6.59. The van der Waals surface area contributed by atoms with Crippen molar-refractivity contribution in [1.82, 2.24) is 10.6 Å². The molecule has 27 heavy (non-hydrogen) atoms. The lowest BCUT2D eigenvalue weighted by Gasteiger charge is -2.70. The van der Waals surface area contributed by atoms with Crippen molar-refractivity contribution in [3.63, 3.8) is 0 Å². The van der Waals surface area contributed by atoms with Gasteiger partial charge in [0.1, 0.15) is 11.1 Å². The average molecular weight is 380 g/mol. The van der Waals surface area contributed by atoms with Gasteiger partial charge in [-0.25, -0.2) is 4.79 Å². The molecule has 4 aliphatic rings. The van der Waals surface area contributed by atoms with Crippen LogP contribution in [0.4, 0.5) is 4.79 Å². The Morgan fingerprint density at radius 1 is 1.04 bits per heavy atom. The zero-order valence-electron chi connectivity index (χ0n) is 17.1. The van der Waals surface area contributed by atoms with Gasteiger partial charge in [0.25, 0.3) is 0 Å². The molecule has 2 amide bonds. The average Bonchev–Trinajstić information content (AvgIpc) is 2.91. The second-order valence-corrected chi connectivity index (χ2v) is 9.78. The predicted octanol–water partition coefficient (Wildman–Crippen LogP) is 2.67. The zero-order chi connectivity index (χ0) is 20.1. The number of ether oxygens (including phenoxy) is 2. The number of rotatable bonds is 5. The Kier molecular flexibility index (Phi) is 4.72. The van der Waals surface area contributed by atoms with E-state index in [0.717, 1.165) is 32.1 Å². The molecule has 0 unspecified atom stereocenters. The number of alkyl carbamates (subject to hydrolysis) is 1. The van der Waals surface area contributed by atoms with Crippen LogP contribution in [-0.2, 0) is 19.1 Å². The summed E-state index contributed by atoms with van der Waals surface area (Å²) in [4.78, 5) is 37.2. The molecular formula is C20H32N2O5. The highest BCUT2D eigenvalue weighted by atomic mass is 16.6. The Bertz CT molecular complexity index is 625. The van der Waals surface area contributed by atoms with Gasteiger partial charge in [0.15, 0.2) is 0 Å². The minimum absolute atomic E-state index is 0.0183. The quantitative estimate of drug-likeness (QED) is 0.715. The van der Waals surface area contributed by atoms with Gasteiger partial charge in [-0.15, -0.1) is 0 Å². The second kappa shape index (κ2) is 6.38. The number of esters is 1. The summed E-state index contributed by atoms with van der Waals surface area (Å²) in [5, 5.41) is 5.97. The molecule has 2 bridgehead atoms. The monoisotopic (exact) mass is 380 g/mol. The van der Waals surface area contributed by atoms with E-state index in [-0.39, 0.29) is 28.7 Å². The lowest BCUT2D eigenvalue weighted by Crippen LogP contribution is -2.73. The summed E-state index contributed by atoms with van der Waals surface area (Å²) in [6.07, 6.45) is 4.76. The molecule has 0 aromatic rings. The van der Waals surface area contributed by atoms with Crippen LogP contribution >= 0.6 is 0 Å². The topological polar surface area (TPSA) is 93.7 Å². The molecule has 0 aromatic carbocycles. The van der Waals surface area contributed by atoms with Crippen molar-refractivity contribution in [2.24, 2.45) is 10.8 Å². The molecule has 0 aromatic heterocycles. The van der Waals surface area contributed by atoms with Gasteiger partial charge in [-0.2, -0.15) is 0 Å². The van der Waals surface area contributed by atoms with E-state index in [0.29, 0.717) is 12.8 Å². The van der Waals surface area contributed by atoms with Crippen LogP contribution in [-0.4, -0.2) is 42.3 Å². The highest BCUT2D eigenvalue weighted by Gasteiger charge is 2.74. The first-order chi connectivity index (χ1) is 12.5. The van der Waals surface area contributed by atoms with E-state index in [1.54, 1.807) is 20.8 Å². The Balaban J connectivity index is 1.60. The number of carbonyl (C=O) groups is 3. The van der Waals surface area contributed by atoms with E-state index >= 15 is 0 Å². The molecule has 0 radical (unpaired) electrons. The van der Waals surface area contributed by atoms with Crippen molar-refractivity contribution in [3.8, 4) is 0 Å².